The molecule has 0 spiro atoms. The Labute approximate surface area is 393 Å². The van der Waals surface area contributed by atoms with Crippen LogP contribution < -0.4 is 0 Å². The Morgan fingerprint density at radius 2 is 0.853 bits per heavy atom. The molecule has 0 saturated heterocycles. The molecule has 13 aromatic rings. The van der Waals surface area contributed by atoms with Crippen molar-refractivity contribution in [2.75, 3.05) is 0 Å². The van der Waals surface area contributed by atoms with Crippen molar-refractivity contribution in [1.82, 2.24) is 19.5 Å². The van der Waals surface area contributed by atoms with E-state index in [0.717, 1.165) is 39.0 Å². The molecule has 68 heavy (non-hydrogen) atoms. The lowest BCUT2D eigenvalue weighted by Gasteiger charge is -2.23. The maximum absolute atomic E-state index is 5.29. The zero-order valence-electron chi connectivity index (χ0n) is 37.6. The Morgan fingerprint density at radius 3 is 1.51 bits per heavy atom. The van der Waals surface area contributed by atoms with Gasteiger partial charge in [0.25, 0.3) is 0 Å². The first-order valence-corrected chi connectivity index (χ1v) is 23.4. The SMILES string of the molecule is CC1(C)c2cc3c(cc2-c2ccc4ccccc4c21)c1ccccc1n3-c1cc(-c2ccc3c4ccccc4c4ccccc4c3c2)cc(-c2nc(-c3ccccc3)nc(-c3ccccc3)n2)c1. The highest BCUT2D eigenvalue weighted by Gasteiger charge is 2.38. The van der Waals surface area contributed by atoms with Gasteiger partial charge in [-0.05, 0) is 119 Å². The van der Waals surface area contributed by atoms with Crippen LogP contribution in [0.25, 0.3) is 127 Å². The number of para-hydroxylation sites is 1. The molecule has 318 valence electrons. The van der Waals surface area contributed by atoms with Crippen LogP contribution in [0.2, 0.25) is 0 Å². The van der Waals surface area contributed by atoms with Crippen molar-refractivity contribution >= 4 is 64.9 Å². The number of nitrogens with zero attached hydrogens (tertiary/aromatic N) is 4. The molecule has 1 aliphatic rings. The van der Waals surface area contributed by atoms with Gasteiger partial charge in [-0.3, -0.25) is 0 Å². The van der Waals surface area contributed by atoms with Crippen molar-refractivity contribution in [3.63, 3.8) is 0 Å². The molecule has 0 aliphatic heterocycles. The van der Waals surface area contributed by atoms with Gasteiger partial charge in [0.2, 0.25) is 0 Å². The van der Waals surface area contributed by atoms with Crippen LogP contribution in [0.5, 0.6) is 0 Å². The summed E-state index contributed by atoms with van der Waals surface area (Å²) in [6, 6.07) is 79.2. The van der Waals surface area contributed by atoms with Gasteiger partial charge in [-0.2, -0.15) is 0 Å². The number of hydrogen-bond donors (Lipinski definition) is 0. The Morgan fingerprint density at radius 1 is 0.324 bits per heavy atom. The monoisotopic (exact) mass is 866 g/mol. The Kier molecular flexibility index (Phi) is 8.29. The van der Waals surface area contributed by atoms with E-state index in [9.17, 15) is 0 Å². The summed E-state index contributed by atoms with van der Waals surface area (Å²) < 4.78 is 2.47. The summed E-state index contributed by atoms with van der Waals surface area (Å²) in [4.78, 5) is 15.7. The maximum Gasteiger partial charge on any atom is 0.164 e. The predicted octanol–water partition coefficient (Wildman–Crippen LogP) is 16.6. The average molecular weight is 867 g/mol. The Balaban J connectivity index is 1.06. The second-order valence-electron chi connectivity index (χ2n) is 18.8. The highest BCUT2D eigenvalue weighted by atomic mass is 15.0. The highest BCUT2D eigenvalue weighted by Crippen LogP contribution is 2.53. The summed E-state index contributed by atoms with van der Waals surface area (Å²) >= 11 is 0. The van der Waals surface area contributed by atoms with Crippen LogP contribution in [0.4, 0.5) is 0 Å². The lowest BCUT2D eigenvalue weighted by molar-refractivity contribution is 0.667. The van der Waals surface area contributed by atoms with Crippen molar-refractivity contribution in [2.45, 2.75) is 19.3 Å². The van der Waals surface area contributed by atoms with E-state index in [2.05, 4.69) is 200 Å². The lowest BCUT2D eigenvalue weighted by Crippen LogP contribution is -2.15. The number of benzene rings is 11. The summed E-state index contributed by atoms with van der Waals surface area (Å²) in [5, 5.41) is 12.5. The molecule has 0 unspecified atom stereocenters. The third-order valence-electron chi connectivity index (χ3n) is 14.5. The van der Waals surface area contributed by atoms with E-state index in [1.807, 2.05) is 36.4 Å². The molecule has 1 aliphatic carbocycles. The van der Waals surface area contributed by atoms with E-state index < -0.39 is 0 Å². The standard InChI is InChI=1S/C64H42N4/c1-64(2)57-38-59-56(37-55(57)53-32-29-39-17-9-10-22-46(39)60(53)64)52-27-15-16-28-58(52)68(59)45-34-43(42-30-31-51-49-25-12-11-23-47(49)48-24-13-14-26-50(48)54(51)36-42)33-44(35-45)63-66-61(40-18-5-3-6-19-40)65-62(67-63)41-20-7-4-8-21-41/h3-38H,1-2H3. The van der Waals surface area contributed by atoms with Gasteiger partial charge in [0, 0.05) is 38.6 Å². The minimum atomic E-state index is -0.224. The van der Waals surface area contributed by atoms with Gasteiger partial charge in [0.05, 0.1) is 11.0 Å². The molecule has 2 heterocycles. The van der Waals surface area contributed by atoms with E-state index in [1.165, 1.54) is 81.6 Å². The van der Waals surface area contributed by atoms with Crippen molar-refractivity contribution in [2.24, 2.45) is 0 Å². The molecule has 4 heteroatoms. The van der Waals surface area contributed by atoms with Gasteiger partial charge in [0.15, 0.2) is 17.5 Å². The van der Waals surface area contributed by atoms with Crippen molar-refractivity contribution < 1.29 is 0 Å². The molecule has 2 aromatic heterocycles. The smallest absolute Gasteiger partial charge is 0.164 e. The van der Waals surface area contributed by atoms with Gasteiger partial charge >= 0.3 is 0 Å². The molecule has 4 nitrogen and oxygen atoms in total. The third kappa shape index (κ3) is 5.77. The fraction of sp³-hybridized carbons (Fsp3) is 0.0469. The van der Waals surface area contributed by atoms with Gasteiger partial charge in [-0.15, -0.1) is 0 Å². The molecular formula is C64H42N4. The minimum Gasteiger partial charge on any atom is -0.309 e. The molecule has 0 amide bonds. The van der Waals surface area contributed by atoms with E-state index in [-0.39, 0.29) is 5.41 Å². The van der Waals surface area contributed by atoms with Gasteiger partial charge in [0.1, 0.15) is 0 Å². The summed E-state index contributed by atoms with van der Waals surface area (Å²) in [7, 11) is 0. The zero-order chi connectivity index (χ0) is 45.1. The summed E-state index contributed by atoms with van der Waals surface area (Å²) in [6.45, 7) is 4.79. The predicted molar refractivity (Wildman–Crippen MR) is 283 cm³/mol. The normalized spacial score (nSPS) is 13.0. The first kappa shape index (κ1) is 38.5. The van der Waals surface area contributed by atoms with E-state index in [0.29, 0.717) is 17.5 Å². The Hall–Kier alpha value is -8.73. The van der Waals surface area contributed by atoms with Gasteiger partial charge in [-0.1, -0.05) is 190 Å². The molecule has 0 atom stereocenters. The first-order chi connectivity index (χ1) is 33.5. The first-order valence-electron chi connectivity index (χ1n) is 23.4. The topological polar surface area (TPSA) is 43.6 Å². The Bertz CT molecular complexity index is 4130. The summed E-state index contributed by atoms with van der Waals surface area (Å²) in [5.74, 6) is 1.88. The quantitative estimate of drug-likeness (QED) is 0.162. The number of fused-ring (bicyclic) bond motifs is 14. The van der Waals surface area contributed by atoms with Crippen LogP contribution in [-0.2, 0) is 5.41 Å². The molecule has 14 rings (SSSR count). The van der Waals surface area contributed by atoms with Crippen LogP contribution in [0.1, 0.15) is 25.0 Å². The fourth-order valence-corrected chi connectivity index (χ4v) is 11.4. The molecule has 0 saturated carbocycles. The summed E-state index contributed by atoms with van der Waals surface area (Å²) in [5.41, 5.74) is 13.5. The number of aromatic nitrogens is 4. The molecule has 0 N–H and O–H groups in total. The van der Waals surface area contributed by atoms with E-state index >= 15 is 0 Å². The van der Waals surface area contributed by atoms with Gasteiger partial charge in [-0.25, -0.2) is 15.0 Å². The summed E-state index contributed by atoms with van der Waals surface area (Å²) in [6.07, 6.45) is 0. The van der Waals surface area contributed by atoms with Crippen molar-refractivity contribution in [3.8, 4) is 62.1 Å². The molecule has 0 fully saturated rings. The van der Waals surface area contributed by atoms with E-state index in [1.54, 1.807) is 0 Å². The second kappa shape index (κ2) is 14.6. The second-order valence-corrected chi connectivity index (χ2v) is 18.8. The van der Waals surface area contributed by atoms with Crippen LogP contribution in [0.3, 0.4) is 0 Å². The minimum absolute atomic E-state index is 0.224. The number of rotatable bonds is 5. The maximum atomic E-state index is 5.29. The fourth-order valence-electron chi connectivity index (χ4n) is 11.4. The van der Waals surface area contributed by atoms with Crippen molar-refractivity contribution in [3.05, 3.63) is 230 Å². The van der Waals surface area contributed by atoms with E-state index in [4.69, 9.17) is 15.0 Å². The van der Waals surface area contributed by atoms with Crippen LogP contribution >= 0.6 is 0 Å². The molecule has 0 radical (unpaired) electrons. The third-order valence-corrected chi connectivity index (χ3v) is 14.5. The van der Waals surface area contributed by atoms with Crippen LogP contribution in [-0.4, -0.2) is 19.5 Å². The van der Waals surface area contributed by atoms with Crippen molar-refractivity contribution in [1.29, 1.82) is 0 Å². The lowest BCUT2D eigenvalue weighted by atomic mass is 9.80. The highest BCUT2D eigenvalue weighted by molar-refractivity contribution is 6.26. The molecular weight excluding hydrogens is 825 g/mol. The van der Waals surface area contributed by atoms with Crippen LogP contribution in [0, 0.1) is 0 Å². The zero-order valence-corrected chi connectivity index (χ0v) is 37.6. The molecule has 0 bridgehead atoms. The largest absolute Gasteiger partial charge is 0.309 e. The van der Waals surface area contributed by atoms with Gasteiger partial charge < -0.3 is 4.57 Å². The number of hydrogen-bond acceptors (Lipinski definition) is 3. The average Bonchev–Trinajstić information content (AvgIpc) is 3.85. The van der Waals surface area contributed by atoms with Crippen LogP contribution in [0.15, 0.2) is 218 Å². The molecule has 11 aromatic carbocycles.